The van der Waals surface area contributed by atoms with Crippen molar-refractivity contribution in [3.05, 3.63) is 0 Å². The number of urea groups is 1. The standard InChI is InChI=1S/C12H22N2O5/c1-4-7-14(8-10(15)19-3)12(18)13-6-5-9(2)11(16)17/h9H,4-8H2,1-3H3,(H,13,18)(H,16,17). The van der Waals surface area contributed by atoms with Crippen LogP contribution in [0.15, 0.2) is 0 Å². The fourth-order valence-electron chi connectivity index (χ4n) is 1.37. The van der Waals surface area contributed by atoms with Gasteiger partial charge in [0.05, 0.1) is 13.0 Å². The topological polar surface area (TPSA) is 95.9 Å². The van der Waals surface area contributed by atoms with Gasteiger partial charge in [-0.1, -0.05) is 13.8 Å². The second-order valence-electron chi connectivity index (χ2n) is 4.26. The van der Waals surface area contributed by atoms with Crippen molar-refractivity contribution in [1.82, 2.24) is 10.2 Å². The summed E-state index contributed by atoms with van der Waals surface area (Å²) in [6.07, 6.45) is 1.06. The van der Waals surface area contributed by atoms with Crippen LogP contribution in [0.1, 0.15) is 26.7 Å². The van der Waals surface area contributed by atoms with Gasteiger partial charge in [0.2, 0.25) is 0 Å². The molecule has 0 rings (SSSR count). The molecule has 7 heteroatoms. The Morgan fingerprint density at radius 1 is 1.37 bits per heavy atom. The van der Waals surface area contributed by atoms with Crippen molar-refractivity contribution in [3.8, 4) is 0 Å². The molecule has 0 saturated heterocycles. The number of nitrogens with one attached hydrogen (secondary N) is 1. The summed E-state index contributed by atoms with van der Waals surface area (Å²) in [5, 5.41) is 11.3. The van der Waals surface area contributed by atoms with Gasteiger partial charge >= 0.3 is 18.0 Å². The first-order valence-corrected chi connectivity index (χ1v) is 6.24. The van der Waals surface area contributed by atoms with Gasteiger partial charge in [-0.2, -0.15) is 0 Å². The Morgan fingerprint density at radius 2 is 2.00 bits per heavy atom. The molecule has 0 spiro atoms. The van der Waals surface area contributed by atoms with Gasteiger partial charge < -0.3 is 20.1 Å². The number of carboxylic acid groups (broad SMARTS) is 1. The molecule has 1 atom stereocenters. The lowest BCUT2D eigenvalue weighted by atomic mass is 10.1. The van der Waals surface area contributed by atoms with Crippen molar-refractivity contribution in [2.24, 2.45) is 5.92 Å². The highest BCUT2D eigenvalue weighted by molar-refractivity contribution is 5.80. The maximum atomic E-state index is 11.8. The molecular weight excluding hydrogens is 252 g/mol. The van der Waals surface area contributed by atoms with Crippen LogP contribution in [0.4, 0.5) is 4.79 Å². The molecule has 0 aromatic heterocycles. The van der Waals surface area contributed by atoms with Gasteiger partial charge in [0, 0.05) is 13.1 Å². The van der Waals surface area contributed by atoms with E-state index in [0.29, 0.717) is 13.0 Å². The van der Waals surface area contributed by atoms with E-state index in [9.17, 15) is 14.4 Å². The minimum atomic E-state index is -0.894. The molecule has 19 heavy (non-hydrogen) atoms. The highest BCUT2D eigenvalue weighted by Crippen LogP contribution is 2.00. The molecule has 0 aliphatic rings. The molecule has 0 aromatic rings. The van der Waals surface area contributed by atoms with Crippen LogP contribution in [0, 0.1) is 5.92 Å². The average molecular weight is 274 g/mol. The average Bonchev–Trinajstić information content (AvgIpc) is 2.37. The molecule has 0 aliphatic carbocycles. The molecule has 1 unspecified atom stereocenters. The molecule has 0 bridgehead atoms. The van der Waals surface area contributed by atoms with Crippen LogP contribution in [-0.2, 0) is 14.3 Å². The fourth-order valence-corrected chi connectivity index (χ4v) is 1.37. The number of nitrogens with zero attached hydrogens (tertiary/aromatic N) is 1. The Hall–Kier alpha value is -1.79. The van der Waals surface area contributed by atoms with Crippen molar-refractivity contribution in [1.29, 1.82) is 0 Å². The maximum Gasteiger partial charge on any atom is 0.325 e. The number of hydrogen-bond acceptors (Lipinski definition) is 4. The number of carbonyl (C=O) groups is 3. The molecule has 0 saturated carbocycles. The lowest BCUT2D eigenvalue weighted by molar-refractivity contribution is -0.142. The van der Waals surface area contributed by atoms with Crippen molar-refractivity contribution in [2.75, 3.05) is 26.7 Å². The summed E-state index contributed by atoms with van der Waals surface area (Å²) in [4.78, 5) is 34.9. The van der Waals surface area contributed by atoms with E-state index in [-0.39, 0.29) is 19.1 Å². The lowest BCUT2D eigenvalue weighted by Crippen LogP contribution is -2.44. The van der Waals surface area contributed by atoms with E-state index in [1.807, 2.05) is 6.92 Å². The number of amides is 2. The van der Waals surface area contributed by atoms with Crippen molar-refractivity contribution >= 4 is 18.0 Å². The van der Waals surface area contributed by atoms with E-state index in [0.717, 1.165) is 6.42 Å². The predicted octanol–water partition coefficient (Wildman–Crippen LogP) is 0.692. The fraction of sp³-hybridized carbons (Fsp3) is 0.750. The van der Waals surface area contributed by atoms with E-state index in [2.05, 4.69) is 10.1 Å². The van der Waals surface area contributed by atoms with Crippen LogP contribution in [0.2, 0.25) is 0 Å². The number of esters is 1. The molecule has 110 valence electrons. The van der Waals surface area contributed by atoms with Gasteiger partial charge in [0.25, 0.3) is 0 Å². The van der Waals surface area contributed by atoms with Gasteiger partial charge in [-0.3, -0.25) is 9.59 Å². The molecule has 0 aromatic carbocycles. The molecule has 0 aliphatic heterocycles. The third-order valence-corrected chi connectivity index (χ3v) is 2.60. The number of carbonyl (C=O) groups excluding carboxylic acids is 2. The van der Waals surface area contributed by atoms with Crippen LogP contribution in [0.3, 0.4) is 0 Å². The second-order valence-corrected chi connectivity index (χ2v) is 4.26. The molecule has 7 nitrogen and oxygen atoms in total. The van der Waals surface area contributed by atoms with Gasteiger partial charge in [0.15, 0.2) is 0 Å². The zero-order chi connectivity index (χ0) is 14.8. The van der Waals surface area contributed by atoms with E-state index in [4.69, 9.17) is 5.11 Å². The summed E-state index contributed by atoms with van der Waals surface area (Å²) in [6.45, 7) is 4.06. The van der Waals surface area contributed by atoms with Crippen molar-refractivity contribution in [3.63, 3.8) is 0 Å². The number of carboxylic acids is 1. The summed E-state index contributed by atoms with van der Waals surface area (Å²) in [5.41, 5.74) is 0. The monoisotopic (exact) mass is 274 g/mol. The van der Waals surface area contributed by atoms with Crippen LogP contribution >= 0.6 is 0 Å². The number of aliphatic carboxylic acids is 1. The highest BCUT2D eigenvalue weighted by Gasteiger charge is 2.17. The SMILES string of the molecule is CCCN(CC(=O)OC)C(=O)NCCC(C)C(=O)O. The third kappa shape index (κ3) is 7.28. The number of methoxy groups -OCH3 is 1. The normalized spacial score (nSPS) is 11.5. The Labute approximate surface area is 112 Å². The first-order valence-electron chi connectivity index (χ1n) is 6.24. The van der Waals surface area contributed by atoms with Crippen molar-refractivity contribution in [2.45, 2.75) is 26.7 Å². The maximum absolute atomic E-state index is 11.8. The zero-order valence-corrected chi connectivity index (χ0v) is 11.6. The third-order valence-electron chi connectivity index (χ3n) is 2.60. The van der Waals surface area contributed by atoms with E-state index < -0.39 is 17.9 Å². The minimum absolute atomic E-state index is 0.106. The summed E-state index contributed by atoms with van der Waals surface area (Å²) >= 11 is 0. The summed E-state index contributed by atoms with van der Waals surface area (Å²) in [7, 11) is 1.26. The van der Waals surface area contributed by atoms with Crippen LogP contribution in [0.5, 0.6) is 0 Å². The zero-order valence-electron chi connectivity index (χ0n) is 11.6. The van der Waals surface area contributed by atoms with Gasteiger partial charge in [0.1, 0.15) is 6.54 Å². The van der Waals surface area contributed by atoms with E-state index >= 15 is 0 Å². The Kier molecular flexibility index (Phi) is 8.32. The summed E-state index contributed by atoms with van der Waals surface area (Å²) < 4.78 is 4.51. The van der Waals surface area contributed by atoms with Gasteiger partial charge in [-0.15, -0.1) is 0 Å². The summed E-state index contributed by atoms with van der Waals surface area (Å²) in [6, 6.07) is -0.384. The second kappa shape index (κ2) is 9.18. The Bertz CT molecular complexity index is 319. The first kappa shape index (κ1) is 17.2. The minimum Gasteiger partial charge on any atom is -0.481 e. The molecule has 0 radical (unpaired) electrons. The molecule has 0 heterocycles. The first-order chi connectivity index (χ1) is 8.92. The molecule has 2 amide bonds. The van der Waals surface area contributed by atoms with Crippen LogP contribution in [-0.4, -0.2) is 54.7 Å². The van der Waals surface area contributed by atoms with E-state index in [1.54, 1.807) is 6.92 Å². The van der Waals surface area contributed by atoms with Crippen molar-refractivity contribution < 1.29 is 24.2 Å². The van der Waals surface area contributed by atoms with Crippen LogP contribution in [0.25, 0.3) is 0 Å². The van der Waals surface area contributed by atoms with E-state index in [1.165, 1.54) is 12.0 Å². The molecule has 2 N–H and O–H groups in total. The quantitative estimate of drug-likeness (QED) is 0.635. The van der Waals surface area contributed by atoms with Gasteiger partial charge in [-0.25, -0.2) is 4.79 Å². The number of rotatable bonds is 8. The smallest absolute Gasteiger partial charge is 0.325 e. The molecular formula is C12H22N2O5. The number of hydrogen-bond donors (Lipinski definition) is 2. The Balaban J connectivity index is 4.17. The Morgan fingerprint density at radius 3 is 2.47 bits per heavy atom. The summed E-state index contributed by atoms with van der Waals surface area (Å²) in [5.74, 6) is -1.89. The lowest BCUT2D eigenvalue weighted by Gasteiger charge is -2.21. The predicted molar refractivity (Wildman–Crippen MR) is 68.7 cm³/mol. The highest BCUT2D eigenvalue weighted by atomic mass is 16.5. The van der Waals surface area contributed by atoms with Gasteiger partial charge in [-0.05, 0) is 12.8 Å². The number of ether oxygens (including phenoxy) is 1. The largest absolute Gasteiger partial charge is 0.481 e. The molecule has 0 fully saturated rings. The van der Waals surface area contributed by atoms with Crippen LogP contribution < -0.4 is 5.32 Å².